The highest BCUT2D eigenvalue weighted by molar-refractivity contribution is 6.04. The highest BCUT2D eigenvalue weighted by atomic mass is 19.1. The normalized spacial score (nSPS) is 10.5. The molecule has 3 aromatic rings. The standard InChI is InChI=1S/C16H12F2N4O/c17-12-5-3-6-13(18)15(12)16(23)20-14-7-9-22(21-14)10-11-4-1-2-8-19-11/h1-9H,10H2,(H,20,21,23). The van der Waals surface area contributed by atoms with Crippen LogP contribution < -0.4 is 5.32 Å². The van der Waals surface area contributed by atoms with E-state index in [9.17, 15) is 13.6 Å². The fraction of sp³-hybridized carbons (Fsp3) is 0.0625. The van der Waals surface area contributed by atoms with Crippen LogP contribution in [0.3, 0.4) is 0 Å². The Morgan fingerprint density at radius 1 is 1.09 bits per heavy atom. The summed E-state index contributed by atoms with van der Waals surface area (Å²) in [4.78, 5) is 16.1. The molecule has 2 aromatic heterocycles. The van der Waals surface area contributed by atoms with Gasteiger partial charge < -0.3 is 5.32 Å². The van der Waals surface area contributed by atoms with E-state index in [0.29, 0.717) is 6.54 Å². The van der Waals surface area contributed by atoms with E-state index in [-0.39, 0.29) is 5.82 Å². The molecule has 0 spiro atoms. The summed E-state index contributed by atoms with van der Waals surface area (Å²) in [6.07, 6.45) is 3.31. The molecule has 0 radical (unpaired) electrons. The molecule has 1 N–H and O–H groups in total. The molecule has 7 heteroatoms. The van der Waals surface area contributed by atoms with Crippen LogP contribution in [0.2, 0.25) is 0 Å². The van der Waals surface area contributed by atoms with E-state index in [1.165, 1.54) is 6.07 Å². The number of benzene rings is 1. The number of amides is 1. The lowest BCUT2D eigenvalue weighted by atomic mass is 10.2. The summed E-state index contributed by atoms with van der Waals surface area (Å²) in [6, 6.07) is 10.3. The van der Waals surface area contributed by atoms with Gasteiger partial charge >= 0.3 is 0 Å². The van der Waals surface area contributed by atoms with Crippen molar-refractivity contribution in [2.24, 2.45) is 0 Å². The number of halogens is 2. The van der Waals surface area contributed by atoms with Crippen molar-refractivity contribution in [1.29, 1.82) is 0 Å². The Morgan fingerprint density at radius 3 is 2.57 bits per heavy atom. The molecular weight excluding hydrogens is 302 g/mol. The second-order valence-corrected chi connectivity index (χ2v) is 4.77. The number of carbonyl (C=O) groups is 1. The lowest BCUT2D eigenvalue weighted by molar-refractivity contribution is 0.101. The number of anilines is 1. The molecule has 0 saturated carbocycles. The number of hydrogen-bond donors (Lipinski definition) is 1. The van der Waals surface area contributed by atoms with Gasteiger partial charge in [0.15, 0.2) is 5.82 Å². The van der Waals surface area contributed by atoms with E-state index in [2.05, 4.69) is 15.4 Å². The number of pyridine rings is 1. The molecule has 116 valence electrons. The first kappa shape index (κ1) is 14.8. The lowest BCUT2D eigenvalue weighted by Gasteiger charge is -2.05. The lowest BCUT2D eigenvalue weighted by Crippen LogP contribution is -2.16. The minimum atomic E-state index is -0.921. The molecule has 0 atom stereocenters. The third-order valence-electron chi connectivity index (χ3n) is 3.12. The first-order valence-corrected chi connectivity index (χ1v) is 6.82. The average Bonchev–Trinajstić information content (AvgIpc) is 2.95. The van der Waals surface area contributed by atoms with Crippen molar-refractivity contribution < 1.29 is 13.6 Å². The maximum Gasteiger partial charge on any atom is 0.262 e. The predicted octanol–water partition coefficient (Wildman–Crippen LogP) is 2.86. The quantitative estimate of drug-likeness (QED) is 0.805. The largest absolute Gasteiger partial charge is 0.305 e. The molecule has 1 aromatic carbocycles. The predicted molar refractivity (Wildman–Crippen MR) is 79.9 cm³/mol. The van der Waals surface area contributed by atoms with E-state index >= 15 is 0 Å². The molecule has 0 saturated heterocycles. The number of rotatable bonds is 4. The second kappa shape index (κ2) is 6.35. The summed E-state index contributed by atoms with van der Waals surface area (Å²) in [7, 11) is 0. The Morgan fingerprint density at radius 2 is 1.87 bits per heavy atom. The molecular formula is C16H12F2N4O. The Hall–Kier alpha value is -3.09. The van der Waals surface area contributed by atoms with Crippen LogP contribution in [-0.4, -0.2) is 20.7 Å². The van der Waals surface area contributed by atoms with Gasteiger partial charge in [0.1, 0.15) is 17.2 Å². The maximum absolute atomic E-state index is 13.6. The maximum atomic E-state index is 13.6. The van der Waals surface area contributed by atoms with Crippen molar-refractivity contribution in [2.45, 2.75) is 6.54 Å². The van der Waals surface area contributed by atoms with Gasteiger partial charge in [-0.3, -0.25) is 14.5 Å². The topological polar surface area (TPSA) is 59.8 Å². The number of carbonyl (C=O) groups excluding carboxylic acids is 1. The van der Waals surface area contributed by atoms with Gasteiger partial charge in [-0.05, 0) is 24.3 Å². The van der Waals surface area contributed by atoms with Crippen molar-refractivity contribution in [3.8, 4) is 0 Å². The molecule has 1 amide bonds. The summed E-state index contributed by atoms with van der Waals surface area (Å²) >= 11 is 0. The third kappa shape index (κ3) is 3.39. The van der Waals surface area contributed by atoms with Crippen molar-refractivity contribution in [3.63, 3.8) is 0 Å². The first-order valence-electron chi connectivity index (χ1n) is 6.82. The average molecular weight is 314 g/mol. The summed E-state index contributed by atoms with van der Waals surface area (Å²) in [5, 5.41) is 6.50. The SMILES string of the molecule is O=C(Nc1ccn(Cc2ccccn2)n1)c1c(F)cccc1F. The molecule has 3 rings (SSSR count). The van der Waals surface area contributed by atoms with Crippen LogP contribution in [0.1, 0.15) is 16.1 Å². The summed E-state index contributed by atoms with van der Waals surface area (Å²) in [5.74, 6) is -2.52. The van der Waals surface area contributed by atoms with Crippen LogP contribution in [0.4, 0.5) is 14.6 Å². The van der Waals surface area contributed by atoms with Crippen molar-refractivity contribution >= 4 is 11.7 Å². The van der Waals surface area contributed by atoms with Crippen LogP contribution in [0, 0.1) is 11.6 Å². The smallest absolute Gasteiger partial charge is 0.262 e. The molecule has 0 fully saturated rings. The molecule has 0 aliphatic heterocycles. The summed E-state index contributed by atoms with van der Waals surface area (Å²) in [5.41, 5.74) is 0.167. The Kier molecular flexibility index (Phi) is 4.09. The zero-order valence-electron chi connectivity index (χ0n) is 11.9. The first-order chi connectivity index (χ1) is 11.1. The van der Waals surface area contributed by atoms with E-state index in [1.807, 2.05) is 12.1 Å². The highest BCUT2D eigenvalue weighted by Crippen LogP contribution is 2.14. The second-order valence-electron chi connectivity index (χ2n) is 4.77. The molecule has 0 unspecified atom stereocenters. The van der Waals surface area contributed by atoms with Gasteiger partial charge in [0.05, 0.1) is 12.2 Å². The van der Waals surface area contributed by atoms with Crippen LogP contribution in [-0.2, 0) is 6.54 Å². The van der Waals surface area contributed by atoms with Gasteiger partial charge in [-0.15, -0.1) is 0 Å². The Labute approximate surface area is 130 Å². The molecule has 0 bridgehead atoms. The van der Waals surface area contributed by atoms with Gasteiger partial charge in [-0.1, -0.05) is 12.1 Å². The van der Waals surface area contributed by atoms with Gasteiger partial charge in [0.25, 0.3) is 5.91 Å². The zero-order valence-corrected chi connectivity index (χ0v) is 11.9. The molecule has 2 heterocycles. The van der Waals surface area contributed by atoms with Crippen LogP contribution in [0.15, 0.2) is 54.9 Å². The van der Waals surface area contributed by atoms with Gasteiger partial charge in [-0.2, -0.15) is 5.10 Å². The minimum Gasteiger partial charge on any atom is -0.305 e. The highest BCUT2D eigenvalue weighted by Gasteiger charge is 2.17. The van der Waals surface area contributed by atoms with E-state index in [1.54, 1.807) is 29.2 Å². The van der Waals surface area contributed by atoms with Crippen LogP contribution in [0.25, 0.3) is 0 Å². The molecule has 0 aliphatic rings. The number of nitrogens with one attached hydrogen (secondary N) is 1. The molecule has 23 heavy (non-hydrogen) atoms. The number of hydrogen-bond acceptors (Lipinski definition) is 3. The zero-order chi connectivity index (χ0) is 16.2. The van der Waals surface area contributed by atoms with E-state index in [4.69, 9.17) is 0 Å². The van der Waals surface area contributed by atoms with Crippen molar-refractivity contribution in [2.75, 3.05) is 5.32 Å². The van der Waals surface area contributed by atoms with Gasteiger partial charge in [-0.25, -0.2) is 8.78 Å². The minimum absolute atomic E-state index is 0.202. The fourth-order valence-corrected chi connectivity index (χ4v) is 2.07. The van der Waals surface area contributed by atoms with E-state index in [0.717, 1.165) is 17.8 Å². The van der Waals surface area contributed by atoms with E-state index < -0.39 is 23.1 Å². The van der Waals surface area contributed by atoms with Crippen LogP contribution >= 0.6 is 0 Å². The molecule has 5 nitrogen and oxygen atoms in total. The summed E-state index contributed by atoms with van der Waals surface area (Å²) in [6.45, 7) is 0.421. The number of aromatic nitrogens is 3. The summed E-state index contributed by atoms with van der Waals surface area (Å²) < 4.78 is 28.7. The van der Waals surface area contributed by atoms with Crippen LogP contribution in [0.5, 0.6) is 0 Å². The molecule has 0 aliphatic carbocycles. The van der Waals surface area contributed by atoms with Gasteiger partial charge in [0.2, 0.25) is 0 Å². The van der Waals surface area contributed by atoms with Crippen molar-refractivity contribution in [1.82, 2.24) is 14.8 Å². The van der Waals surface area contributed by atoms with Crippen molar-refractivity contribution in [3.05, 3.63) is 77.8 Å². The fourth-order valence-electron chi connectivity index (χ4n) is 2.07. The third-order valence-corrected chi connectivity index (χ3v) is 3.12. The monoisotopic (exact) mass is 314 g/mol. The number of nitrogens with zero attached hydrogens (tertiary/aromatic N) is 3. The Balaban J connectivity index is 1.73. The van der Waals surface area contributed by atoms with Gasteiger partial charge in [0, 0.05) is 18.5 Å². The Bertz CT molecular complexity index is 813.